The summed E-state index contributed by atoms with van der Waals surface area (Å²) in [7, 11) is 0. The lowest BCUT2D eigenvalue weighted by atomic mass is 9.75. The number of nitro groups is 1. The molecule has 1 aromatic heterocycles. The lowest BCUT2D eigenvalue weighted by molar-refractivity contribution is -0.384. The van der Waals surface area contributed by atoms with Gasteiger partial charge in [-0.25, -0.2) is 10.8 Å². The van der Waals surface area contributed by atoms with Crippen molar-refractivity contribution >= 4 is 17.5 Å². The molecule has 98 valence electrons. The Morgan fingerprint density at radius 1 is 1.61 bits per heavy atom. The van der Waals surface area contributed by atoms with Gasteiger partial charge in [0, 0.05) is 5.54 Å². The van der Waals surface area contributed by atoms with E-state index in [4.69, 9.17) is 5.84 Å². The van der Waals surface area contributed by atoms with Crippen LogP contribution in [0, 0.1) is 10.1 Å². The average Bonchev–Trinajstić information content (AvgIpc) is 2.33. The first kappa shape index (κ1) is 12.5. The molecular weight excluding hydrogens is 236 g/mol. The minimum Gasteiger partial charge on any atom is -0.359 e. The van der Waals surface area contributed by atoms with Gasteiger partial charge in [0.05, 0.1) is 4.92 Å². The highest BCUT2D eigenvalue weighted by atomic mass is 16.6. The molecule has 18 heavy (non-hydrogen) atoms. The quantitative estimate of drug-likeness (QED) is 0.411. The zero-order valence-corrected chi connectivity index (χ0v) is 10.1. The van der Waals surface area contributed by atoms with Crippen LogP contribution >= 0.6 is 0 Å². The summed E-state index contributed by atoms with van der Waals surface area (Å²) in [6.45, 7) is 2.06. The summed E-state index contributed by atoms with van der Waals surface area (Å²) in [5.74, 6) is 5.60. The Hall–Kier alpha value is -1.96. The number of hydrogen-bond acceptors (Lipinski definition) is 7. The molecule has 0 aromatic carbocycles. The summed E-state index contributed by atoms with van der Waals surface area (Å²) >= 11 is 0. The molecule has 0 radical (unpaired) electrons. The third-order valence-corrected chi connectivity index (χ3v) is 3.47. The summed E-state index contributed by atoms with van der Waals surface area (Å²) in [4.78, 5) is 18.2. The Labute approximate surface area is 104 Å². The number of anilines is 2. The van der Waals surface area contributed by atoms with Crippen molar-refractivity contribution in [3.63, 3.8) is 0 Å². The third-order valence-electron chi connectivity index (χ3n) is 3.47. The second-order valence-electron chi connectivity index (χ2n) is 4.44. The molecule has 8 heteroatoms. The lowest BCUT2D eigenvalue weighted by Crippen LogP contribution is -2.44. The Morgan fingerprint density at radius 3 is 2.78 bits per heavy atom. The van der Waals surface area contributed by atoms with Crippen molar-refractivity contribution in [1.82, 2.24) is 9.97 Å². The van der Waals surface area contributed by atoms with Crippen LogP contribution in [-0.2, 0) is 0 Å². The van der Waals surface area contributed by atoms with E-state index in [1.54, 1.807) is 0 Å². The molecule has 0 spiro atoms. The summed E-state index contributed by atoms with van der Waals surface area (Å²) < 4.78 is 0. The normalized spacial score (nSPS) is 16.8. The van der Waals surface area contributed by atoms with Gasteiger partial charge in [-0.15, -0.1) is 0 Å². The highest BCUT2D eigenvalue weighted by Crippen LogP contribution is 2.39. The van der Waals surface area contributed by atoms with Gasteiger partial charge in [0.2, 0.25) is 11.8 Å². The van der Waals surface area contributed by atoms with Crippen molar-refractivity contribution in [3.8, 4) is 0 Å². The van der Waals surface area contributed by atoms with Crippen molar-refractivity contribution in [3.05, 3.63) is 16.3 Å². The summed E-state index contributed by atoms with van der Waals surface area (Å²) in [6.07, 6.45) is 5.18. The minimum atomic E-state index is -0.495. The van der Waals surface area contributed by atoms with E-state index in [1.807, 2.05) is 0 Å². The first-order chi connectivity index (χ1) is 8.60. The van der Waals surface area contributed by atoms with Gasteiger partial charge in [-0.05, 0) is 25.7 Å². The average molecular weight is 252 g/mol. The second-order valence-corrected chi connectivity index (χ2v) is 4.44. The van der Waals surface area contributed by atoms with E-state index < -0.39 is 4.92 Å². The second kappa shape index (κ2) is 4.73. The molecule has 1 saturated carbocycles. The van der Waals surface area contributed by atoms with Crippen LogP contribution in [-0.4, -0.2) is 20.4 Å². The minimum absolute atomic E-state index is 0.0784. The summed E-state index contributed by atoms with van der Waals surface area (Å²) in [6, 6.07) is 0. The van der Waals surface area contributed by atoms with E-state index in [1.165, 1.54) is 0 Å². The van der Waals surface area contributed by atoms with Crippen LogP contribution < -0.4 is 16.6 Å². The van der Waals surface area contributed by atoms with Crippen LogP contribution in [0.3, 0.4) is 0 Å². The SMILES string of the molecule is CCC1(Nc2nc(NN)ncc2[N+](=O)[O-])CCC1. The molecule has 0 saturated heterocycles. The van der Waals surface area contributed by atoms with Gasteiger partial charge < -0.3 is 5.32 Å². The maximum Gasteiger partial charge on any atom is 0.329 e. The molecule has 1 aliphatic rings. The van der Waals surface area contributed by atoms with E-state index in [-0.39, 0.29) is 23.0 Å². The van der Waals surface area contributed by atoms with E-state index >= 15 is 0 Å². The maximum absolute atomic E-state index is 10.9. The number of aromatic nitrogens is 2. The van der Waals surface area contributed by atoms with Crippen LogP contribution in [0.4, 0.5) is 17.5 Å². The van der Waals surface area contributed by atoms with E-state index in [0.717, 1.165) is 31.9 Å². The molecule has 1 fully saturated rings. The van der Waals surface area contributed by atoms with Crippen molar-refractivity contribution in [2.24, 2.45) is 5.84 Å². The van der Waals surface area contributed by atoms with Crippen molar-refractivity contribution < 1.29 is 4.92 Å². The van der Waals surface area contributed by atoms with Gasteiger partial charge in [0.1, 0.15) is 6.20 Å². The molecule has 1 aliphatic carbocycles. The molecule has 1 heterocycles. The molecule has 0 aliphatic heterocycles. The van der Waals surface area contributed by atoms with Crippen molar-refractivity contribution in [1.29, 1.82) is 0 Å². The smallest absolute Gasteiger partial charge is 0.329 e. The fourth-order valence-corrected chi connectivity index (χ4v) is 2.09. The molecule has 1 aromatic rings. The van der Waals surface area contributed by atoms with Gasteiger partial charge in [-0.1, -0.05) is 6.92 Å². The van der Waals surface area contributed by atoms with E-state index in [9.17, 15) is 10.1 Å². The topological polar surface area (TPSA) is 119 Å². The molecule has 0 bridgehead atoms. The molecule has 0 amide bonds. The molecule has 0 atom stereocenters. The molecule has 0 unspecified atom stereocenters. The first-order valence-electron chi connectivity index (χ1n) is 5.86. The van der Waals surface area contributed by atoms with Crippen LogP contribution in [0.2, 0.25) is 0 Å². The van der Waals surface area contributed by atoms with E-state index in [2.05, 4.69) is 27.6 Å². The summed E-state index contributed by atoms with van der Waals surface area (Å²) in [5.41, 5.74) is 2.08. The lowest BCUT2D eigenvalue weighted by Gasteiger charge is -2.42. The fourth-order valence-electron chi connectivity index (χ4n) is 2.09. The Balaban J connectivity index is 2.31. The van der Waals surface area contributed by atoms with Gasteiger partial charge in [-0.3, -0.25) is 15.5 Å². The zero-order chi connectivity index (χ0) is 13.2. The number of nitrogens with zero attached hydrogens (tertiary/aromatic N) is 3. The van der Waals surface area contributed by atoms with Crippen LogP contribution in [0.25, 0.3) is 0 Å². The molecule has 4 N–H and O–H groups in total. The molecule has 2 rings (SSSR count). The van der Waals surface area contributed by atoms with Crippen LogP contribution in [0.1, 0.15) is 32.6 Å². The Bertz CT molecular complexity index is 454. The zero-order valence-electron chi connectivity index (χ0n) is 10.1. The van der Waals surface area contributed by atoms with Crippen molar-refractivity contribution in [2.75, 3.05) is 10.7 Å². The van der Waals surface area contributed by atoms with Crippen LogP contribution in [0.5, 0.6) is 0 Å². The van der Waals surface area contributed by atoms with Gasteiger partial charge in [0.15, 0.2) is 0 Å². The fraction of sp³-hybridized carbons (Fsp3) is 0.600. The first-order valence-corrected chi connectivity index (χ1v) is 5.86. The third kappa shape index (κ3) is 2.19. The number of nitrogens with two attached hydrogens (primary N) is 1. The number of rotatable bonds is 5. The Morgan fingerprint density at radius 2 is 2.33 bits per heavy atom. The number of nitrogens with one attached hydrogen (secondary N) is 2. The largest absolute Gasteiger partial charge is 0.359 e. The standard InChI is InChI=1S/C10H16N6O2/c1-2-10(4-3-5-10)14-8-7(16(17)18)6-12-9(13-8)15-11/h6H,2-5,11H2,1H3,(H2,12,13,14,15). The number of hydrogen-bond donors (Lipinski definition) is 3. The van der Waals surface area contributed by atoms with Gasteiger partial charge in [0.25, 0.3) is 0 Å². The molecular formula is C10H16N6O2. The van der Waals surface area contributed by atoms with Crippen LogP contribution in [0.15, 0.2) is 6.20 Å². The molecule has 8 nitrogen and oxygen atoms in total. The van der Waals surface area contributed by atoms with Gasteiger partial charge in [-0.2, -0.15) is 4.98 Å². The summed E-state index contributed by atoms with van der Waals surface area (Å²) in [5, 5.41) is 14.1. The number of hydrazine groups is 1. The Kier molecular flexibility index (Phi) is 3.28. The maximum atomic E-state index is 10.9. The monoisotopic (exact) mass is 252 g/mol. The number of nitrogen functional groups attached to an aromatic ring is 1. The van der Waals surface area contributed by atoms with Crippen molar-refractivity contribution in [2.45, 2.75) is 38.1 Å². The predicted octanol–water partition coefficient (Wildman–Crippen LogP) is 1.41. The van der Waals surface area contributed by atoms with Gasteiger partial charge >= 0.3 is 5.69 Å². The predicted molar refractivity (Wildman–Crippen MR) is 67.0 cm³/mol. The van der Waals surface area contributed by atoms with E-state index in [0.29, 0.717) is 0 Å². The highest BCUT2D eigenvalue weighted by molar-refractivity contribution is 5.58. The highest BCUT2D eigenvalue weighted by Gasteiger charge is 2.37.